The Hall–Kier alpha value is -2.70. The highest BCUT2D eigenvalue weighted by atomic mass is 16.6. The van der Waals surface area contributed by atoms with Gasteiger partial charge < -0.3 is 5.32 Å². The van der Waals surface area contributed by atoms with Crippen molar-refractivity contribution in [2.45, 2.75) is 13.5 Å². The molecule has 1 aromatic heterocycles. The van der Waals surface area contributed by atoms with Crippen molar-refractivity contribution in [3.05, 3.63) is 57.4 Å². The maximum Gasteiger partial charge on any atom is 0.270 e. The van der Waals surface area contributed by atoms with E-state index in [1.54, 1.807) is 25.4 Å². The molecule has 98 valence electrons. The molecule has 7 nitrogen and oxygen atoms in total. The van der Waals surface area contributed by atoms with Gasteiger partial charge in [-0.25, -0.2) is 0 Å². The van der Waals surface area contributed by atoms with E-state index in [2.05, 4.69) is 15.5 Å². The highest BCUT2D eigenvalue weighted by molar-refractivity contribution is 5.95. The lowest BCUT2D eigenvalue weighted by Crippen LogP contribution is -2.22. The predicted octanol–water partition coefficient (Wildman–Crippen LogP) is 1.56. The molecular weight excluding hydrogens is 248 g/mol. The number of hydrogen-bond acceptors (Lipinski definition) is 4. The van der Waals surface area contributed by atoms with E-state index in [4.69, 9.17) is 0 Å². The molecule has 0 spiro atoms. The van der Waals surface area contributed by atoms with Gasteiger partial charge in [0, 0.05) is 36.0 Å². The Labute approximate surface area is 108 Å². The number of aromatic amines is 1. The van der Waals surface area contributed by atoms with Crippen LogP contribution < -0.4 is 5.32 Å². The molecule has 0 saturated carbocycles. The fourth-order valence-electron chi connectivity index (χ4n) is 1.66. The number of carbonyl (C=O) groups excluding carboxylic acids is 1. The number of amides is 1. The maximum atomic E-state index is 11.9. The van der Waals surface area contributed by atoms with Gasteiger partial charge in [0.1, 0.15) is 0 Å². The lowest BCUT2D eigenvalue weighted by Gasteiger charge is -2.04. The number of hydrogen-bond donors (Lipinski definition) is 2. The molecule has 19 heavy (non-hydrogen) atoms. The van der Waals surface area contributed by atoms with Crippen LogP contribution in [0, 0.1) is 17.0 Å². The molecule has 2 aromatic rings. The van der Waals surface area contributed by atoms with E-state index in [0.717, 1.165) is 5.56 Å². The van der Waals surface area contributed by atoms with Crippen LogP contribution >= 0.6 is 0 Å². The Morgan fingerprint density at radius 2 is 2.26 bits per heavy atom. The number of nitro benzene ring substituents is 1. The second-order valence-corrected chi connectivity index (χ2v) is 4.10. The zero-order valence-corrected chi connectivity index (χ0v) is 10.2. The van der Waals surface area contributed by atoms with E-state index in [1.165, 1.54) is 12.1 Å². The third kappa shape index (κ3) is 3.15. The maximum absolute atomic E-state index is 11.9. The summed E-state index contributed by atoms with van der Waals surface area (Å²) in [7, 11) is 0. The summed E-state index contributed by atoms with van der Waals surface area (Å²) < 4.78 is 0. The van der Waals surface area contributed by atoms with Gasteiger partial charge in [-0.05, 0) is 18.6 Å². The van der Waals surface area contributed by atoms with Crippen LogP contribution in [0.25, 0.3) is 0 Å². The van der Waals surface area contributed by atoms with Gasteiger partial charge >= 0.3 is 0 Å². The number of non-ortho nitro benzene ring substituents is 1. The topological polar surface area (TPSA) is 101 Å². The number of rotatable bonds is 4. The standard InChI is InChI=1S/C12H12N4O3/c1-8-2-10(4-11(3-8)16(18)19)12(17)13-5-9-6-14-15-7-9/h2-4,6-7H,5H2,1H3,(H,13,17)(H,14,15). The molecule has 1 heterocycles. The van der Waals surface area contributed by atoms with Gasteiger partial charge in [0.05, 0.1) is 11.1 Å². The second-order valence-electron chi connectivity index (χ2n) is 4.10. The molecule has 0 aliphatic carbocycles. The molecule has 0 saturated heterocycles. The summed E-state index contributed by atoms with van der Waals surface area (Å²) in [4.78, 5) is 22.1. The Morgan fingerprint density at radius 1 is 1.47 bits per heavy atom. The SMILES string of the molecule is Cc1cc(C(=O)NCc2cn[nH]c2)cc([N+](=O)[O-])c1. The zero-order valence-electron chi connectivity index (χ0n) is 10.2. The Bertz CT molecular complexity index is 607. The van der Waals surface area contributed by atoms with Crippen LogP contribution in [0.3, 0.4) is 0 Å². The first-order valence-corrected chi connectivity index (χ1v) is 5.58. The van der Waals surface area contributed by atoms with Gasteiger partial charge in [0.25, 0.3) is 11.6 Å². The first-order valence-electron chi connectivity index (χ1n) is 5.58. The van der Waals surface area contributed by atoms with Gasteiger partial charge in [-0.2, -0.15) is 5.10 Å². The summed E-state index contributed by atoms with van der Waals surface area (Å²) in [5.41, 5.74) is 1.68. The van der Waals surface area contributed by atoms with Crippen molar-refractivity contribution in [1.29, 1.82) is 0 Å². The quantitative estimate of drug-likeness (QED) is 0.643. The minimum atomic E-state index is -0.514. The van der Waals surface area contributed by atoms with E-state index in [0.29, 0.717) is 12.1 Å². The van der Waals surface area contributed by atoms with Crippen LogP contribution in [0.2, 0.25) is 0 Å². The van der Waals surface area contributed by atoms with Crippen molar-refractivity contribution in [3.63, 3.8) is 0 Å². The molecule has 0 atom stereocenters. The van der Waals surface area contributed by atoms with Crippen molar-refractivity contribution in [2.24, 2.45) is 0 Å². The monoisotopic (exact) mass is 260 g/mol. The van der Waals surface area contributed by atoms with Crippen LogP contribution in [-0.4, -0.2) is 21.0 Å². The molecule has 7 heteroatoms. The summed E-state index contributed by atoms with van der Waals surface area (Å²) in [5.74, 6) is -0.354. The number of aryl methyl sites for hydroxylation is 1. The predicted molar refractivity (Wildman–Crippen MR) is 67.6 cm³/mol. The van der Waals surface area contributed by atoms with Gasteiger partial charge in [0.2, 0.25) is 0 Å². The fourth-order valence-corrected chi connectivity index (χ4v) is 1.66. The first kappa shape index (κ1) is 12.7. The minimum absolute atomic E-state index is 0.0894. The summed E-state index contributed by atoms with van der Waals surface area (Å²) in [6, 6.07) is 4.29. The number of nitrogens with zero attached hydrogens (tertiary/aromatic N) is 2. The number of nitrogens with one attached hydrogen (secondary N) is 2. The molecule has 0 fully saturated rings. The fraction of sp³-hybridized carbons (Fsp3) is 0.167. The third-order valence-electron chi connectivity index (χ3n) is 2.54. The molecule has 2 N–H and O–H groups in total. The Morgan fingerprint density at radius 3 is 2.89 bits per heavy atom. The largest absolute Gasteiger partial charge is 0.348 e. The van der Waals surface area contributed by atoms with Crippen molar-refractivity contribution >= 4 is 11.6 Å². The lowest BCUT2D eigenvalue weighted by molar-refractivity contribution is -0.384. The molecule has 0 aliphatic heterocycles. The Balaban J connectivity index is 2.12. The molecular formula is C12H12N4O3. The highest BCUT2D eigenvalue weighted by Gasteiger charge is 2.13. The van der Waals surface area contributed by atoms with E-state index in [1.807, 2.05) is 0 Å². The van der Waals surface area contributed by atoms with Crippen LogP contribution in [0.1, 0.15) is 21.5 Å². The molecule has 0 bridgehead atoms. The van der Waals surface area contributed by atoms with E-state index in [-0.39, 0.29) is 17.2 Å². The van der Waals surface area contributed by atoms with E-state index in [9.17, 15) is 14.9 Å². The molecule has 1 amide bonds. The third-order valence-corrected chi connectivity index (χ3v) is 2.54. The van der Waals surface area contributed by atoms with Crippen molar-refractivity contribution < 1.29 is 9.72 Å². The molecule has 1 aromatic carbocycles. The molecule has 0 unspecified atom stereocenters. The van der Waals surface area contributed by atoms with Crippen LogP contribution in [0.5, 0.6) is 0 Å². The number of carbonyl (C=O) groups is 1. The number of benzene rings is 1. The summed E-state index contributed by atoms with van der Waals surface area (Å²) >= 11 is 0. The van der Waals surface area contributed by atoms with Gasteiger partial charge in [-0.3, -0.25) is 20.0 Å². The van der Waals surface area contributed by atoms with E-state index < -0.39 is 4.92 Å². The van der Waals surface area contributed by atoms with Gasteiger partial charge in [0.15, 0.2) is 0 Å². The summed E-state index contributed by atoms with van der Waals surface area (Å²) in [6.45, 7) is 2.02. The number of H-pyrrole nitrogens is 1. The molecule has 2 rings (SSSR count). The summed E-state index contributed by atoms with van der Waals surface area (Å²) in [5, 5.41) is 19.8. The minimum Gasteiger partial charge on any atom is -0.348 e. The summed E-state index contributed by atoms with van der Waals surface area (Å²) in [6.07, 6.45) is 3.26. The van der Waals surface area contributed by atoms with Gasteiger partial charge in [-0.1, -0.05) is 0 Å². The van der Waals surface area contributed by atoms with Crippen LogP contribution in [0.4, 0.5) is 5.69 Å². The average Bonchev–Trinajstić information content (AvgIpc) is 2.88. The van der Waals surface area contributed by atoms with Crippen molar-refractivity contribution in [2.75, 3.05) is 0 Å². The smallest absolute Gasteiger partial charge is 0.270 e. The second kappa shape index (κ2) is 5.30. The Kier molecular flexibility index (Phi) is 3.56. The lowest BCUT2D eigenvalue weighted by atomic mass is 10.1. The normalized spacial score (nSPS) is 10.2. The number of aromatic nitrogens is 2. The molecule has 0 aliphatic rings. The van der Waals surface area contributed by atoms with Gasteiger partial charge in [-0.15, -0.1) is 0 Å². The van der Waals surface area contributed by atoms with E-state index >= 15 is 0 Å². The highest BCUT2D eigenvalue weighted by Crippen LogP contribution is 2.16. The first-order chi connectivity index (χ1) is 9.06. The van der Waals surface area contributed by atoms with Crippen LogP contribution in [-0.2, 0) is 6.54 Å². The zero-order chi connectivity index (χ0) is 13.8. The molecule has 0 radical (unpaired) electrons. The van der Waals surface area contributed by atoms with Crippen molar-refractivity contribution in [1.82, 2.24) is 15.5 Å². The van der Waals surface area contributed by atoms with Crippen LogP contribution in [0.15, 0.2) is 30.6 Å². The van der Waals surface area contributed by atoms with Crippen molar-refractivity contribution in [3.8, 4) is 0 Å². The number of nitro groups is 1. The average molecular weight is 260 g/mol.